The summed E-state index contributed by atoms with van der Waals surface area (Å²) in [6.07, 6.45) is 2.16. The van der Waals surface area contributed by atoms with Crippen LogP contribution in [0.15, 0.2) is 4.42 Å². The summed E-state index contributed by atoms with van der Waals surface area (Å²) in [5.74, 6) is 1.95. The van der Waals surface area contributed by atoms with Gasteiger partial charge in [-0.05, 0) is 13.0 Å². The highest BCUT2D eigenvalue weighted by Crippen LogP contribution is 2.25. The van der Waals surface area contributed by atoms with Crippen LogP contribution in [0, 0.1) is 0 Å². The number of hydrogen-bond acceptors (Lipinski definition) is 3. The second kappa shape index (κ2) is 3.39. The van der Waals surface area contributed by atoms with Gasteiger partial charge in [0.1, 0.15) is 5.76 Å². The molecular weight excluding hydrogens is 176 g/mol. The van der Waals surface area contributed by atoms with Gasteiger partial charge in [0.2, 0.25) is 0 Å². The SMILES string of the molecule is CC(C)(C)c1nc2c(o1)CCCNC2. The maximum Gasteiger partial charge on any atom is 0.200 e. The number of aromatic nitrogens is 1. The monoisotopic (exact) mass is 194 g/mol. The smallest absolute Gasteiger partial charge is 0.200 e. The predicted molar refractivity (Wildman–Crippen MR) is 55.2 cm³/mol. The molecule has 3 nitrogen and oxygen atoms in total. The standard InChI is InChI=1S/C11H18N2O/c1-11(2,3)10-13-8-7-12-6-4-5-9(8)14-10/h12H,4-7H2,1-3H3. The maximum absolute atomic E-state index is 5.80. The van der Waals surface area contributed by atoms with Crippen LogP contribution < -0.4 is 5.32 Å². The average Bonchev–Trinajstić information content (AvgIpc) is 2.38. The van der Waals surface area contributed by atoms with Crippen LogP contribution in [0.1, 0.15) is 44.5 Å². The van der Waals surface area contributed by atoms with Crippen molar-refractivity contribution in [3.8, 4) is 0 Å². The van der Waals surface area contributed by atoms with Gasteiger partial charge in [-0.2, -0.15) is 0 Å². The van der Waals surface area contributed by atoms with Crippen LogP contribution in [0.2, 0.25) is 0 Å². The van der Waals surface area contributed by atoms with Gasteiger partial charge in [-0.1, -0.05) is 20.8 Å². The van der Waals surface area contributed by atoms with Gasteiger partial charge in [-0.3, -0.25) is 0 Å². The van der Waals surface area contributed by atoms with Crippen molar-refractivity contribution in [2.75, 3.05) is 6.54 Å². The zero-order chi connectivity index (χ0) is 10.2. The van der Waals surface area contributed by atoms with Crippen LogP contribution in [-0.4, -0.2) is 11.5 Å². The van der Waals surface area contributed by atoms with Gasteiger partial charge in [0.05, 0.1) is 5.69 Å². The van der Waals surface area contributed by atoms with E-state index in [9.17, 15) is 0 Å². The maximum atomic E-state index is 5.80. The minimum absolute atomic E-state index is 0.0200. The van der Waals surface area contributed by atoms with Crippen LogP contribution in [0.25, 0.3) is 0 Å². The summed E-state index contributed by atoms with van der Waals surface area (Å²) in [4.78, 5) is 4.55. The van der Waals surface area contributed by atoms with Crippen molar-refractivity contribution in [3.63, 3.8) is 0 Å². The molecule has 0 saturated carbocycles. The van der Waals surface area contributed by atoms with Crippen LogP contribution in [0.5, 0.6) is 0 Å². The van der Waals surface area contributed by atoms with Crippen LogP contribution in [0.4, 0.5) is 0 Å². The molecule has 14 heavy (non-hydrogen) atoms. The van der Waals surface area contributed by atoms with E-state index in [0.717, 1.165) is 43.3 Å². The van der Waals surface area contributed by atoms with Crippen molar-refractivity contribution in [2.45, 2.75) is 45.6 Å². The summed E-state index contributed by atoms with van der Waals surface area (Å²) >= 11 is 0. The van der Waals surface area contributed by atoms with Gasteiger partial charge in [-0.25, -0.2) is 4.98 Å². The summed E-state index contributed by atoms with van der Waals surface area (Å²) in [5.41, 5.74) is 1.12. The van der Waals surface area contributed by atoms with Gasteiger partial charge in [0.15, 0.2) is 5.89 Å². The third kappa shape index (κ3) is 1.82. The Labute approximate surface area is 84.9 Å². The Morgan fingerprint density at radius 1 is 1.36 bits per heavy atom. The van der Waals surface area contributed by atoms with Crippen molar-refractivity contribution in [1.82, 2.24) is 10.3 Å². The van der Waals surface area contributed by atoms with E-state index < -0.39 is 0 Å². The Bertz CT molecular complexity index is 299. The van der Waals surface area contributed by atoms with Gasteiger partial charge >= 0.3 is 0 Å². The molecule has 78 valence electrons. The minimum Gasteiger partial charge on any atom is -0.445 e. The van der Waals surface area contributed by atoms with Crippen LogP contribution in [-0.2, 0) is 18.4 Å². The largest absolute Gasteiger partial charge is 0.445 e. The summed E-state index contributed by atoms with van der Waals surface area (Å²) in [7, 11) is 0. The normalized spacial score (nSPS) is 17.6. The predicted octanol–water partition coefficient (Wildman–Crippen LogP) is 2.01. The quantitative estimate of drug-likeness (QED) is 0.686. The van der Waals surface area contributed by atoms with Crippen molar-refractivity contribution in [2.24, 2.45) is 0 Å². The average molecular weight is 194 g/mol. The topological polar surface area (TPSA) is 38.1 Å². The molecule has 0 unspecified atom stereocenters. The van der Waals surface area contributed by atoms with E-state index in [2.05, 4.69) is 31.1 Å². The first-order chi connectivity index (χ1) is 6.57. The Hall–Kier alpha value is -0.830. The lowest BCUT2D eigenvalue weighted by Gasteiger charge is -2.12. The van der Waals surface area contributed by atoms with Gasteiger partial charge in [-0.15, -0.1) is 0 Å². The fourth-order valence-electron chi connectivity index (χ4n) is 1.62. The van der Waals surface area contributed by atoms with Crippen molar-refractivity contribution in [1.29, 1.82) is 0 Å². The number of rotatable bonds is 0. The number of hydrogen-bond donors (Lipinski definition) is 1. The third-order valence-electron chi connectivity index (χ3n) is 2.47. The Kier molecular flexibility index (Phi) is 2.35. The molecule has 1 N–H and O–H groups in total. The second-order valence-corrected chi connectivity index (χ2v) is 4.92. The molecule has 1 aliphatic heterocycles. The lowest BCUT2D eigenvalue weighted by Crippen LogP contribution is -2.15. The number of aryl methyl sites for hydroxylation is 1. The summed E-state index contributed by atoms with van der Waals surface area (Å²) < 4.78 is 5.80. The van der Waals surface area contributed by atoms with E-state index in [1.165, 1.54) is 0 Å². The van der Waals surface area contributed by atoms with E-state index in [1.54, 1.807) is 0 Å². The highest BCUT2D eigenvalue weighted by atomic mass is 16.4. The van der Waals surface area contributed by atoms with Crippen molar-refractivity contribution < 1.29 is 4.42 Å². The van der Waals surface area contributed by atoms with Crippen LogP contribution >= 0.6 is 0 Å². The zero-order valence-electron chi connectivity index (χ0n) is 9.18. The van der Waals surface area contributed by atoms with Crippen LogP contribution in [0.3, 0.4) is 0 Å². The highest BCUT2D eigenvalue weighted by Gasteiger charge is 2.23. The molecule has 3 heteroatoms. The molecule has 0 aliphatic carbocycles. The molecular formula is C11H18N2O. The Morgan fingerprint density at radius 3 is 2.86 bits per heavy atom. The molecule has 1 aliphatic rings. The molecule has 2 heterocycles. The molecule has 0 fully saturated rings. The zero-order valence-corrected chi connectivity index (χ0v) is 9.18. The van der Waals surface area contributed by atoms with Gasteiger partial charge in [0.25, 0.3) is 0 Å². The number of nitrogens with one attached hydrogen (secondary N) is 1. The third-order valence-corrected chi connectivity index (χ3v) is 2.47. The van der Waals surface area contributed by atoms with E-state index in [-0.39, 0.29) is 5.41 Å². The fourth-order valence-corrected chi connectivity index (χ4v) is 1.62. The van der Waals surface area contributed by atoms with E-state index >= 15 is 0 Å². The molecule has 0 amide bonds. The lowest BCUT2D eigenvalue weighted by molar-refractivity contribution is 0.371. The first-order valence-electron chi connectivity index (χ1n) is 5.27. The molecule has 1 aromatic heterocycles. The number of nitrogens with zero attached hydrogens (tertiary/aromatic N) is 1. The number of oxazole rings is 1. The molecule has 0 saturated heterocycles. The van der Waals surface area contributed by atoms with Gasteiger partial charge < -0.3 is 9.73 Å². The Balaban J connectivity index is 2.31. The lowest BCUT2D eigenvalue weighted by atomic mass is 9.97. The Morgan fingerprint density at radius 2 is 2.14 bits per heavy atom. The molecule has 0 radical (unpaired) electrons. The minimum atomic E-state index is 0.0200. The molecule has 2 rings (SSSR count). The molecule has 0 atom stereocenters. The van der Waals surface area contributed by atoms with Crippen molar-refractivity contribution >= 4 is 0 Å². The van der Waals surface area contributed by atoms with E-state index in [0.29, 0.717) is 0 Å². The molecule has 0 spiro atoms. The van der Waals surface area contributed by atoms with Crippen molar-refractivity contribution in [3.05, 3.63) is 17.3 Å². The van der Waals surface area contributed by atoms with E-state index in [4.69, 9.17) is 4.42 Å². The molecule has 0 aromatic carbocycles. The van der Waals surface area contributed by atoms with E-state index in [1.807, 2.05) is 0 Å². The first-order valence-corrected chi connectivity index (χ1v) is 5.27. The van der Waals surface area contributed by atoms with Gasteiger partial charge in [0, 0.05) is 18.4 Å². The molecule has 0 bridgehead atoms. The molecule has 1 aromatic rings. The first kappa shape index (κ1) is 9.71. The fraction of sp³-hybridized carbons (Fsp3) is 0.727. The summed E-state index contributed by atoms with van der Waals surface area (Å²) in [5, 5.41) is 3.35. The summed E-state index contributed by atoms with van der Waals surface area (Å²) in [6, 6.07) is 0. The highest BCUT2D eigenvalue weighted by molar-refractivity contribution is 5.14. The second-order valence-electron chi connectivity index (χ2n) is 4.92. The number of fused-ring (bicyclic) bond motifs is 1. The summed E-state index contributed by atoms with van der Waals surface area (Å²) in [6.45, 7) is 8.31.